The third-order valence-corrected chi connectivity index (χ3v) is 5.31. The number of hydrogen-bond acceptors (Lipinski definition) is 7. The van der Waals surface area contributed by atoms with E-state index in [0.29, 0.717) is 18.0 Å². The molecule has 0 aliphatic heterocycles. The lowest BCUT2D eigenvalue weighted by Gasteiger charge is -2.12. The Bertz CT molecular complexity index is 1170. The number of hydrogen-bond donors (Lipinski definition) is 2. The van der Waals surface area contributed by atoms with Crippen molar-refractivity contribution in [3.63, 3.8) is 0 Å². The van der Waals surface area contributed by atoms with Gasteiger partial charge in [0.25, 0.3) is 21.4 Å². The summed E-state index contributed by atoms with van der Waals surface area (Å²) in [6.45, 7) is 3.41. The Morgan fingerprint density at radius 3 is 2.52 bits per heavy atom. The number of ether oxygens (including phenoxy) is 2. The van der Waals surface area contributed by atoms with Crippen LogP contribution in [0.15, 0.2) is 27.9 Å². The summed E-state index contributed by atoms with van der Waals surface area (Å²) in [6.07, 6.45) is 0.578. The SMILES string of the molecule is CCc1nc2nc(C)c(NS(=O)(=O)c3ccc(OC)c(OC)c3)c(=O)n2[nH]1. The molecule has 10 nitrogen and oxygen atoms in total. The molecule has 0 saturated heterocycles. The third-order valence-electron chi connectivity index (χ3n) is 3.96. The average Bonchev–Trinajstić information content (AvgIpc) is 3.07. The summed E-state index contributed by atoms with van der Waals surface area (Å²) in [5.74, 6) is 1.39. The molecule has 0 aliphatic carbocycles. The molecule has 0 bridgehead atoms. The van der Waals surface area contributed by atoms with E-state index in [0.717, 1.165) is 4.52 Å². The zero-order chi connectivity index (χ0) is 19.8. The number of H-pyrrole nitrogens is 1. The Morgan fingerprint density at radius 1 is 1.19 bits per heavy atom. The molecular weight excluding hydrogens is 374 g/mol. The van der Waals surface area contributed by atoms with Crippen molar-refractivity contribution in [1.82, 2.24) is 19.6 Å². The van der Waals surface area contributed by atoms with Gasteiger partial charge in [0.1, 0.15) is 11.5 Å². The number of anilines is 1. The van der Waals surface area contributed by atoms with E-state index in [4.69, 9.17) is 9.47 Å². The second-order valence-electron chi connectivity index (χ2n) is 5.66. The molecule has 11 heteroatoms. The van der Waals surface area contributed by atoms with E-state index in [1.54, 1.807) is 0 Å². The van der Waals surface area contributed by atoms with Gasteiger partial charge in [0.2, 0.25) is 0 Å². The monoisotopic (exact) mass is 393 g/mol. The van der Waals surface area contributed by atoms with Crippen LogP contribution >= 0.6 is 0 Å². The Labute approximate surface area is 155 Å². The van der Waals surface area contributed by atoms with Crippen molar-refractivity contribution in [3.8, 4) is 11.5 Å². The number of aryl methyl sites for hydroxylation is 2. The number of rotatable bonds is 6. The first-order valence-electron chi connectivity index (χ1n) is 8.03. The second kappa shape index (κ2) is 6.91. The maximum atomic E-state index is 12.8. The van der Waals surface area contributed by atoms with Gasteiger partial charge in [-0.1, -0.05) is 6.92 Å². The number of benzene rings is 1. The molecule has 2 aromatic heterocycles. The lowest BCUT2D eigenvalue weighted by molar-refractivity contribution is 0.354. The maximum Gasteiger partial charge on any atom is 0.298 e. The smallest absolute Gasteiger partial charge is 0.298 e. The van der Waals surface area contributed by atoms with Crippen molar-refractivity contribution in [3.05, 3.63) is 40.1 Å². The van der Waals surface area contributed by atoms with Crippen molar-refractivity contribution in [2.45, 2.75) is 25.2 Å². The summed E-state index contributed by atoms with van der Waals surface area (Å²) in [5.41, 5.74) is -0.527. The Balaban J connectivity index is 2.07. The molecule has 0 amide bonds. The van der Waals surface area contributed by atoms with E-state index in [-0.39, 0.29) is 27.8 Å². The number of nitrogens with one attached hydrogen (secondary N) is 2. The molecule has 2 heterocycles. The summed E-state index contributed by atoms with van der Waals surface area (Å²) in [5, 5.41) is 2.80. The van der Waals surface area contributed by atoms with Gasteiger partial charge in [-0.15, -0.1) is 0 Å². The molecule has 0 atom stereocenters. The van der Waals surface area contributed by atoms with Gasteiger partial charge < -0.3 is 9.47 Å². The van der Waals surface area contributed by atoms with Gasteiger partial charge in [-0.25, -0.2) is 13.4 Å². The van der Waals surface area contributed by atoms with E-state index >= 15 is 0 Å². The van der Waals surface area contributed by atoms with E-state index in [9.17, 15) is 13.2 Å². The Morgan fingerprint density at radius 2 is 1.89 bits per heavy atom. The van der Waals surface area contributed by atoms with Gasteiger partial charge in [0.05, 0.1) is 24.8 Å². The minimum absolute atomic E-state index is 0.0806. The fourth-order valence-electron chi connectivity index (χ4n) is 2.52. The van der Waals surface area contributed by atoms with Crippen LogP contribution < -0.4 is 19.8 Å². The predicted molar refractivity (Wildman–Crippen MR) is 98.1 cm³/mol. The molecular formula is C16H19N5O5S. The Kier molecular flexibility index (Phi) is 4.79. The van der Waals surface area contributed by atoms with Crippen LogP contribution in [0.25, 0.3) is 5.78 Å². The topological polar surface area (TPSA) is 128 Å². The van der Waals surface area contributed by atoms with Crippen molar-refractivity contribution >= 4 is 21.5 Å². The fraction of sp³-hybridized carbons (Fsp3) is 0.312. The quantitative estimate of drug-likeness (QED) is 0.642. The molecule has 1 aromatic carbocycles. The largest absolute Gasteiger partial charge is 0.493 e. The van der Waals surface area contributed by atoms with Gasteiger partial charge >= 0.3 is 0 Å². The third kappa shape index (κ3) is 3.33. The summed E-state index contributed by atoms with van der Waals surface area (Å²) in [6, 6.07) is 4.14. The first-order chi connectivity index (χ1) is 12.8. The van der Waals surface area contributed by atoms with Gasteiger partial charge in [-0.3, -0.25) is 14.6 Å². The first kappa shape index (κ1) is 18.7. The van der Waals surface area contributed by atoms with Crippen molar-refractivity contribution in [2.75, 3.05) is 18.9 Å². The number of methoxy groups -OCH3 is 2. The minimum atomic E-state index is -4.06. The first-order valence-corrected chi connectivity index (χ1v) is 9.52. The highest BCUT2D eigenvalue weighted by Gasteiger charge is 2.22. The number of fused-ring (bicyclic) bond motifs is 1. The molecule has 144 valence electrons. The van der Waals surface area contributed by atoms with Gasteiger partial charge in [-0.2, -0.15) is 9.50 Å². The van der Waals surface area contributed by atoms with Crippen LogP contribution in [0.2, 0.25) is 0 Å². The number of aromatic nitrogens is 4. The summed E-state index contributed by atoms with van der Waals surface area (Å²) >= 11 is 0. The van der Waals surface area contributed by atoms with E-state index in [1.165, 1.54) is 39.3 Å². The lowest BCUT2D eigenvalue weighted by atomic mass is 10.3. The van der Waals surface area contributed by atoms with Crippen LogP contribution in [0.1, 0.15) is 18.4 Å². The van der Waals surface area contributed by atoms with Crippen molar-refractivity contribution in [1.29, 1.82) is 0 Å². The zero-order valence-electron chi connectivity index (χ0n) is 15.2. The predicted octanol–water partition coefficient (Wildman–Crippen LogP) is 1.11. The standard InChI is InChI=1S/C16H19N5O5S/c1-5-13-18-16-17-9(2)14(15(22)21(16)19-13)20-27(23,24)10-6-7-11(25-3)12(8-10)26-4/h6-8,20H,5H2,1-4H3,(H,17,18,19). The molecule has 2 N–H and O–H groups in total. The molecule has 3 rings (SSSR count). The number of aromatic amines is 1. The highest BCUT2D eigenvalue weighted by molar-refractivity contribution is 7.92. The number of nitrogens with zero attached hydrogens (tertiary/aromatic N) is 3. The molecule has 0 unspecified atom stereocenters. The fourth-order valence-corrected chi connectivity index (χ4v) is 3.65. The Hall–Kier alpha value is -3.08. The molecule has 3 aromatic rings. The molecule has 27 heavy (non-hydrogen) atoms. The van der Waals surface area contributed by atoms with Crippen molar-refractivity contribution in [2.24, 2.45) is 0 Å². The van der Waals surface area contributed by atoms with Crippen LogP contribution in [0.4, 0.5) is 5.69 Å². The maximum absolute atomic E-state index is 12.8. The van der Waals surface area contributed by atoms with E-state index in [2.05, 4.69) is 19.8 Å². The van der Waals surface area contributed by atoms with Gasteiger partial charge in [-0.05, 0) is 19.1 Å². The minimum Gasteiger partial charge on any atom is -0.493 e. The van der Waals surface area contributed by atoms with E-state index < -0.39 is 15.6 Å². The molecule has 0 aliphatic rings. The second-order valence-corrected chi connectivity index (χ2v) is 7.34. The molecule has 0 fully saturated rings. The van der Waals surface area contributed by atoms with Gasteiger partial charge in [0.15, 0.2) is 11.5 Å². The number of sulfonamides is 1. The lowest BCUT2D eigenvalue weighted by Crippen LogP contribution is -2.25. The molecule has 0 saturated carbocycles. The van der Waals surface area contributed by atoms with Crippen LogP contribution in [-0.2, 0) is 16.4 Å². The highest BCUT2D eigenvalue weighted by Crippen LogP contribution is 2.30. The normalized spacial score (nSPS) is 11.6. The summed E-state index contributed by atoms with van der Waals surface area (Å²) in [4.78, 5) is 21.0. The average molecular weight is 393 g/mol. The van der Waals surface area contributed by atoms with Crippen LogP contribution in [-0.4, -0.2) is 42.2 Å². The van der Waals surface area contributed by atoms with Crippen LogP contribution in [0, 0.1) is 6.92 Å². The van der Waals surface area contributed by atoms with Crippen molar-refractivity contribution < 1.29 is 17.9 Å². The van der Waals surface area contributed by atoms with E-state index in [1.807, 2.05) is 6.92 Å². The van der Waals surface area contributed by atoms with Crippen LogP contribution in [0.3, 0.4) is 0 Å². The van der Waals surface area contributed by atoms with Gasteiger partial charge in [0, 0.05) is 12.5 Å². The molecule has 0 spiro atoms. The van der Waals surface area contributed by atoms with Crippen LogP contribution in [0.5, 0.6) is 11.5 Å². The summed E-state index contributed by atoms with van der Waals surface area (Å²) in [7, 11) is -1.21. The zero-order valence-corrected chi connectivity index (χ0v) is 16.0. The highest BCUT2D eigenvalue weighted by atomic mass is 32.2. The summed E-state index contributed by atoms with van der Waals surface area (Å²) < 4.78 is 39.2. The molecule has 0 radical (unpaired) electrons.